The molecule has 1 atom stereocenters. The molecule has 152 valence electrons. The first-order valence-electron chi connectivity index (χ1n) is 10.6. The summed E-state index contributed by atoms with van der Waals surface area (Å²) in [5.41, 5.74) is 3.00. The molecule has 2 aliphatic rings. The van der Waals surface area contributed by atoms with Crippen LogP contribution in [0.15, 0.2) is 58.7 Å². The molecule has 1 saturated heterocycles. The van der Waals surface area contributed by atoms with Gasteiger partial charge < -0.3 is 14.6 Å². The number of nitrogens with zero attached hydrogens (tertiary/aromatic N) is 1. The maximum atomic E-state index is 12.8. The molecule has 1 aromatic carbocycles. The third kappa shape index (κ3) is 4.97. The lowest BCUT2D eigenvalue weighted by Crippen LogP contribution is -2.43. The molecular weight excluding hydrogens is 364 g/mol. The molecule has 5 heteroatoms. The molecule has 2 amide bonds. The Morgan fingerprint density at radius 3 is 2.69 bits per heavy atom. The van der Waals surface area contributed by atoms with Crippen molar-refractivity contribution in [3.63, 3.8) is 0 Å². The molecule has 1 aliphatic carbocycles. The van der Waals surface area contributed by atoms with Crippen molar-refractivity contribution in [3.05, 3.63) is 54.3 Å². The molecule has 29 heavy (non-hydrogen) atoms. The van der Waals surface area contributed by atoms with Gasteiger partial charge in [-0.25, -0.2) is 0 Å². The lowest BCUT2D eigenvalue weighted by atomic mass is 9.94. The summed E-state index contributed by atoms with van der Waals surface area (Å²) in [6.07, 6.45) is 10.6. The summed E-state index contributed by atoms with van der Waals surface area (Å²) in [5.74, 6) is 0.804. The number of likely N-dealkylation sites (tertiary alicyclic amines) is 1. The number of carbonyl (C=O) groups is 2. The zero-order chi connectivity index (χ0) is 20.1. The van der Waals surface area contributed by atoms with Crippen molar-refractivity contribution < 1.29 is 14.0 Å². The topological polar surface area (TPSA) is 62.6 Å². The average molecular weight is 392 g/mol. The highest BCUT2D eigenvalue weighted by atomic mass is 16.3. The number of hydrogen-bond acceptors (Lipinski definition) is 3. The van der Waals surface area contributed by atoms with Gasteiger partial charge in [0.2, 0.25) is 11.8 Å². The van der Waals surface area contributed by atoms with Crippen molar-refractivity contribution in [1.82, 2.24) is 4.90 Å². The molecule has 5 nitrogen and oxygen atoms in total. The van der Waals surface area contributed by atoms with Crippen molar-refractivity contribution in [1.29, 1.82) is 0 Å². The molecule has 0 saturated carbocycles. The molecule has 0 bridgehead atoms. The first-order valence-corrected chi connectivity index (χ1v) is 10.6. The fourth-order valence-corrected chi connectivity index (χ4v) is 4.19. The van der Waals surface area contributed by atoms with Crippen LogP contribution in [0.1, 0.15) is 44.9 Å². The standard InChI is InChI=1S/C24H28N2O3/c27-23(16-18-6-2-1-3-7-18)26-14-4-8-20(17-26)24(28)25-21-12-10-19(11-13-21)22-9-5-15-29-22/h5-6,9-13,15,20H,1-4,7-8,14,16-17H2,(H,25,28)/t20-/m0/s1. The molecule has 1 fully saturated rings. The van der Waals surface area contributed by atoms with Gasteiger partial charge in [-0.1, -0.05) is 11.6 Å². The first-order chi connectivity index (χ1) is 14.2. The van der Waals surface area contributed by atoms with Gasteiger partial charge in [0, 0.05) is 30.8 Å². The second-order valence-corrected chi connectivity index (χ2v) is 8.01. The number of benzene rings is 1. The van der Waals surface area contributed by atoms with Gasteiger partial charge in [0.15, 0.2) is 0 Å². The van der Waals surface area contributed by atoms with Gasteiger partial charge in [-0.05, 0) is 74.9 Å². The van der Waals surface area contributed by atoms with Gasteiger partial charge in [0.05, 0.1) is 12.2 Å². The molecule has 1 N–H and O–H groups in total. The molecule has 0 spiro atoms. The number of piperidine rings is 1. The van der Waals surface area contributed by atoms with Crippen LogP contribution in [0, 0.1) is 5.92 Å². The van der Waals surface area contributed by atoms with Crippen molar-refractivity contribution >= 4 is 17.5 Å². The van der Waals surface area contributed by atoms with Crippen LogP contribution in [-0.2, 0) is 9.59 Å². The Balaban J connectivity index is 1.32. The third-order valence-electron chi connectivity index (χ3n) is 5.87. The van der Waals surface area contributed by atoms with Gasteiger partial charge in [-0.2, -0.15) is 0 Å². The monoisotopic (exact) mass is 392 g/mol. The Labute approximate surface area is 171 Å². The average Bonchev–Trinajstić information content (AvgIpc) is 3.30. The molecular formula is C24H28N2O3. The maximum Gasteiger partial charge on any atom is 0.229 e. The Morgan fingerprint density at radius 2 is 1.97 bits per heavy atom. The molecule has 2 heterocycles. The van der Waals surface area contributed by atoms with Crippen LogP contribution < -0.4 is 5.32 Å². The van der Waals surface area contributed by atoms with Crippen molar-refractivity contribution in [2.24, 2.45) is 5.92 Å². The summed E-state index contributed by atoms with van der Waals surface area (Å²) >= 11 is 0. The van der Waals surface area contributed by atoms with E-state index in [0.29, 0.717) is 13.0 Å². The molecule has 2 aromatic rings. The summed E-state index contributed by atoms with van der Waals surface area (Å²) < 4.78 is 5.40. The minimum absolute atomic E-state index is 0.00914. The number of nitrogens with one attached hydrogen (secondary N) is 1. The molecule has 0 radical (unpaired) electrons. The maximum absolute atomic E-state index is 12.8. The van der Waals surface area contributed by atoms with Crippen molar-refractivity contribution in [2.45, 2.75) is 44.9 Å². The highest BCUT2D eigenvalue weighted by molar-refractivity contribution is 5.93. The summed E-state index contributed by atoms with van der Waals surface area (Å²) in [4.78, 5) is 27.3. The fraction of sp³-hybridized carbons (Fsp3) is 0.417. The van der Waals surface area contributed by atoms with E-state index in [1.54, 1.807) is 6.26 Å². The van der Waals surface area contributed by atoms with E-state index < -0.39 is 0 Å². The number of allylic oxidation sites excluding steroid dienone is 1. The van der Waals surface area contributed by atoms with Crippen LogP contribution in [-0.4, -0.2) is 29.8 Å². The summed E-state index contributed by atoms with van der Waals surface area (Å²) in [6.45, 7) is 1.27. The number of furan rings is 1. The quantitative estimate of drug-likeness (QED) is 0.727. The summed E-state index contributed by atoms with van der Waals surface area (Å²) in [5, 5.41) is 3.01. The normalized spacial score (nSPS) is 19.5. The van der Waals surface area contributed by atoms with E-state index in [2.05, 4.69) is 11.4 Å². The zero-order valence-corrected chi connectivity index (χ0v) is 16.7. The zero-order valence-electron chi connectivity index (χ0n) is 16.7. The highest BCUT2D eigenvalue weighted by Crippen LogP contribution is 2.25. The van der Waals surface area contributed by atoms with Crippen LogP contribution in [0.4, 0.5) is 5.69 Å². The van der Waals surface area contributed by atoms with Gasteiger partial charge in [0.25, 0.3) is 0 Å². The predicted molar refractivity (Wildman–Crippen MR) is 113 cm³/mol. The fourth-order valence-electron chi connectivity index (χ4n) is 4.19. The van der Waals surface area contributed by atoms with Crippen LogP contribution in [0.3, 0.4) is 0 Å². The first kappa shape index (κ1) is 19.5. The smallest absolute Gasteiger partial charge is 0.229 e. The van der Waals surface area contributed by atoms with E-state index in [9.17, 15) is 9.59 Å². The second kappa shape index (κ2) is 9.12. The van der Waals surface area contributed by atoms with Crippen molar-refractivity contribution in [2.75, 3.05) is 18.4 Å². The number of anilines is 1. The van der Waals surface area contributed by atoms with E-state index in [1.807, 2.05) is 41.3 Å². The Hall–Kier alpha value is -2.82. The van der Waals surface area contributed by atoms with Crippen LogP contribution in [0.25, 0.3) is 11.3 Å². The Kier molecular flexibility index (Phi) is 6.13. The predicted octanol–water partition coefficient (Wildman–Crippen LogP) is 5.01. The van der Waals surface area contributed by atoms with E-state index in [-0.39, 0.29) is 17.7 Å². The van der Waals surface area contributed by atoms with Crippen molar-refractivity contribution in [3.8, 4) is 11.3 Å². The SMILES string of the molecule is O=C(Nc1ccc(-c2ccco2)cc1)[C@H]1CCCN(C(=O)CC2=CCCCC2)C1. The molecule has 1 aliphatic heterocycles. The summed E-state index contributed by atoms with van der Waals surface area (Å²) in [7, 11) is 0. The number of rotatable bonds is 5. The Morgan fingerprint density at radius 1 is 1.10 bits per heavy atom. The lowest BCUT2D eigenvalue weighted by Gasteiger charge is -2.32. The molecule has 4 rings (SSSR count). The van der Waals surface area contributed by atoms with Gasteiger partial charge in [0.1, 0.15) is 5.76 Å². The van der Waals surface area contributed by atoms with Gasteiger partial charge >= 0.3 is 0 Å². The van der Waals surface area contributed by atoms with Crippen LogP contribution >= 0.6 is 0 Å². The highest BCUT2D eigenvalue weighted by Gasteiger charge is 2.28. The molecule has 1 aromatic heterocycles. The number of amides is 2. The minimum atomic E-state index is -0.155. The second-order valence-electron chi connectivity index (χ2n) is 8.01. The Bertz CT molecular complexity index is 868. The number of carbonyl (C=O) groups excluding carboxylic acids is 2. The van der Waals surface area contributed by atoms with E-state index in [1.165, 1.54) is 18.4 Å². The largest absolute Gasteiger partial charge is 0.464 e. The third-order valence-corrected chi connectivity index (χ3v) is 5.87. The van der Waals surface area contributed by atoms with Crippen LogP contribution in [0.2, 0.25) is 0 Å². The van der Waals surface area contributed by atoms with Gasteiger partial charge in [-0.3, -0.25) is 9.59 Å². The minimum Gasteiger partial charge on any atom is -0.464 e. The van der Waals surface area contributed by atoms with E-state index >= 15 is 0 Å². The lowest BCUT2D eigenvalue weighted by molar-refractivity contribution is -0.134. The van der Waals surface area contributed by atoms with Gasteiger partial charge in [-0.15, -0.1) is 0 Å². The van der Waals surface area contributed by atoms with E-state index in [4.69, 9.17) is 4.42 Å². The van der Waals surface area contributed by atoms with Crippen LogP contribution in [0.5, 0.6) is 0 Å². The van der Waals surface area contributed by atoms with E-state index in [0.717, 1.165) is 49.2 Å². The molecule has 0 unspecified atom stereocenters. The number of hydrogen-bond donors (Lipinski definition) is 1. The summed E-state index contributed by atoms with van der Waals surface area (Å²) in [6, 6.07) is 11.4.